The molecule has 1 fully saturated rings. The van der Waals surface area contributed by atoms with Gasteiger partial charge in [-0.3, -0.25) is 4.79 Å². The van der Waals surface area contributed by atoms with Crippen molar-refractivity contribution < 1.29 is 4.79 Å². The average Bonchev–Trinajstić information content (AvgIpc) is 2.89. The maximum atomic E-state index is 12.5. The predicted octanol–water partition coefficient (Wildman–Crippen LogP) is 1.40. The minimum absolute atomic E-state index is 0.155. The quantitative estimate of drug-likeness (QED) is 0.733. The molecule has 0 heterocycles. The molecule has 0 aromatic heterocycles. The van der Waals surface area contributed by atoms with E-state index in [9.17, 15) is 4.79 Å². The fourth-order valence-electron chi connectivity index (χ4n) is 2.58. The second-order valence-corrected chi connectivity index (χ2v) is 6.65. The van der Waals surface area contributed by atoms with Crippen LogP contribution in [0.1, 0.15) is 32.1 Å². The number of hydrogen-bond donors (Lipinski definition) is 1. The van der Waals surface area contributed by atoms with Gasteiger partial charge in [0.25, 0.3) is 0 Å². The fraction of sp³-hybridized carbons (Fsp3) is 0.929. The maximum Gasteiger partial charge on any atom is 0.239 e. The SMILES string of the molecule is CSCC[C@H](N)C(=O)N(CCN(C)C)C1CCCC1. The molecule has 0 bridgehead atoms. The first-order valence-electron chi connectivity index (χ1n) is 7.26. The van der Waals surface area contributed by atoms with Gasteiger partial charge in [0.2, 0.25) is 5.91 Å². The normalized spacial score (nSPS) is 17.9. The number of amides is 1. The van der Waals surface area contributed by atoms with E-state index in [1.165, 1.54) is 12.8 Å². The summed E-state index contributed by atoms with van der Waals surface area (Å²) in [6.07, 6.45) is 7.62. The number of carbonyl (C=O) groups is 1. The molecule has 1 atom stereocenters. The van der Waals surface area contributed by atoms with E-state index in [4.69, 9.17) is 5.73 Å². The Kier molecular flexibility index (Phi) is 7.80. The molecule has 1 rings (SSSR count). The summed E-state index contributed by atoms with van der Waals surface area (Å²) in [5.41, 5.74) is 6.06. The minimum Gasteiger partial charge on any atom is -0.337 e. The molecule has 0 spiro atoms. The predicted molar refractivity (Wildman–Crippen MR) is 83.5 cm³/mol. The van der Waals surface area contributed by atoms with Crippen LogP contribution in [0.2, 0.25) is 0 Å². The number of nitrogens with two attached hydrogens (primary N) is 1. The molecule has 19 heavy (non-hydrogen) atoms. The van der Waals surface area contributed by atoms with Gasteiger partial charge in [-0.05, 0) is 45.4 Å². The van der Waals surface area contributed by atoms with Crippen molar-refractivity contribution in [2.45, 2.75) is 44.2 Å². The van der Waals surface area contributed by atoms with Crippen molar-refractivity contribution in [2.75, 3.05) is 39.2 Å². The molecule has 1 aliphatic rings. The molecular weight excluding hydrogens is 258 g/mol. The monoisotopic (exact) mass is 287 g/mol. The third kappa shape index (κ3) is 5.71. The van der Waals surface area contributed by atoms with Gasteiger partial charge in [-0.25, -0.2) is 0 Å². The highest BCUT2D eigenvalue weighted by Gasteiger charge is 2.29. The molecule has 0 saturated heterocycles. The van der Waals surface area contributed by atoms with E-state index >= 15 is 0 Å². The Morgan fingerprint density at radius 3 is 2.47 bits per heavy atom. The molecule has 1 saturated carbocycles. The van der Waals surface area contributed by atoms with Crippen LogP contribution >= 0.6 is 11.8 Å². The fourth-order valence-corrected chi connectivity index (χ4v) is 3.07. The van der Waals surface area contributed by atoms with Gasteiger partial charge in [0.05, 0.1) is 6.04 Å². The molecule has 112 valence electrons. The third-order valence-corrected chi connectivity index (χ3v) is 4.43. The first-order valence-corrected chi connectivity index (χ1v) is 8.65. The van der Waals surface area contributed by atoms with E-state index in [0.717, 1.165) is 38.1 Å². The molecule has 1 aliphatic carbocycles. The lowest BCUT2D eigenvalue weighted by molar-refractivity contribution is -0.135. The lowest BCUT2D eigenvalue weighted by Crippen LogP contribution is -2.50. The Hall–Kier alpha value is -0.260. The van der Waals surface area contributed by atoms with Crippen molar-refractivity contribution in [1.82, 2.24) is 9.80 Å². The summed E-state index contributed by atoms with van der Waals surface area (Å²) in [7, 11) is 4.09. The van der Waals surface area contributed by atoms with Crippen molar-refractivity contribution in [3.05, 3.63) is 0 Å². The zero-order valence-electron chi connectivity index (χ0n) is 12.6. The Balaban J connectivity index is 2.57. The summed E-state index contributed by atoms with van der Waals surface area (Å²) in [5, 5.41) is 0. The zero-order chi connectivity index (χ0) is 14.3. The number of carbonyl (C=O) groups excluding carboxylic acids is 1. The van der Waals surface area contributed by atoms with Crippen LogP contribution in [0.5, 0.6) is 0 Å². The summed E-state index contributed by atoms with van der Waals surface area (Å²) >= 11 is 1.75. The van der Waals surface area contributed by atoms with Crippen molar-refractivity contribution in [3.63, 3.8) is 0 Å². The van der Waals surface area contributed by atoms with Crippen LogP contribution in [0.15, 0.2) is 0 Å². The van der Waals surface area contributed by atoms with E-state index in [1.807, 2.05) is 14.1 Å². The second-order valence-electron chi connectivity index (χ2n) is 5.66. The molecule has 4 nitrogen and oxygen atoms in total. The lowest BCUT2D eigenvalue weighted by Gasteiger charge is -2.32. The highest BCUT2D eigenvalue weighted by molar-refractivity contribution is 7.98. The number of likely N-dealkylation sites (N-methyl/N-ethyl adjacent to an activating group) is 1. The number of thioether (sulfide) groups is 1. The summed E-state index contributed by atoms with van der Waals surface area (Å²) in [4.78, 5) is 16.7. The van der Waals surface area contributed by atoms with E-state index in [2.05, 4.69) is 16.1 Å². The molecule has 5 heteroatoms. The molecule has 0 radical (unpaired) electrons. The number of nitrogens with zero attached hydrogens (tertiary/aromatic N) is 2. The van der Waals surface area contributed by atoms with Crippen LogP contribution in [0.3, 0.4) is 0 Å². The number of rotatable bonds is 8. The van der Waals surface area contributed by atoms with Gasteiger partial charge < -0.3 is 15.5 Å². The maximum absolute atomic E-state index is 12.5. The Bertz CT molecular complexity index is 267. The van der Waals surface area contributed by atoms with Crippen molar-refractivity contribution in [1.29, 1.82) is 0 Å². The third-order valence-electron chi connectivity index (χ3n) is 3.79. The molecular formula is C14H29N3OS. The van der Waals surface area contributed by atoms with Crippen LogP contribution in [0, 0.1) is 0 Å². The molecule has 0 aromatic rings. The largest absolute Gasteiger partial charge is 0.337 e. The number of hydrogen-bond acceptors (Lipinski definition) is 4. The van der Waals surface area contributed by atoms with E-state index in [-0.39, 0.29) is 11.9 Å². The van der Waals surface area contributed by atoms with E-state index in [0.29, 0.717) is 6.04 Å². The van der Waals surface area contributed by atoms with Gasteiger partial charge in [-0.1, -0.05) is 12.8 Å². The molecule has 0 unspecified atom stereocenters. The summed E-state index contributed by atoms with van der Waals surface area (Å²) in [6.45, 7) is 1.72. The Labute approximate surface area is 122 Å². The van der Waals surface area contributed by atoms with E-state index in [1.54, 1.807) is 11.8 Å². The Morgan fingerprint density at radius 2 is 1.95 bits per heavy atom. The first-order chi connectivity index (χ1) is 9.06. The summed E-state index contributed by atoms with van der Waals surface area (Å²) < 4.78 is 0. The Morgan fingerprint density at radius 1 is 1.32 bits per heavy atom. The van der Waals surface area contributed by atoms with Crippen LogP contribution < -0.4 is 5.73 Å². The highest BCUT2D eigenvalue weighted by Crippen LogP contribution is 2.24. The molecule has 0 aliphatic heterocycles. The topological polar surface area (TPSA) is 49.6 Å². The standard InChI is InChI=1S/C14H29N3OS/c1-16(2)9-10-17(12-6-4-5-7-12)14(18)13(15)8-11-19-3/h12-13H,4-11,15H2,1-3H3/t13-/m0/s1. The van der Waals surface area contributed by atoms with Crippen molar-refractivity contribution in [3.8, 4) is 0 Å². The van der Waals surface area contributed by atoms with Gasteiger partial charge >= 0.3 is 0 Å². The van der Waals surface area contributed by atoms with Gasteiger partial charge in [-0.15, -0.1) is 0 Å². The van der Waals surface area contributed by atoms with Crippen LogP contribution in [-0.4, -0.2) is 67.0 Å². The minimum atomic E-state index is -0.324. The van der Waals surface area contributed by atoms with Crippen molar-refractivity contribution in [2.24, 2.45) is 5.73 Å². The summed E-state index contributed by atoms with van der Waals surface area (Å²) in [5.74, 6) is 1.11. The van der Waals surface area contributed by atoms with E-state index < -0.39 is 0 Å². The molecule has 1 amide bonds. The molecule has 0 aromatic carbocycles. The van der Waals surface area contributed by atoms with Gasteiger partial charge in [0.1, 0.15) is 0 Å². The van der Waals surface area contributed by atoms with Crippen molar-refractivity contribution >= 4 is 17.7 Å². The van der Waals surface area contributed by atoms with Gasteiger partial charge in [0, 0.05) is 19.1 Å². The van der Waals surface area contributed by atoms with Gasteiger partial charge in [0.15, 0.2) is 0 Å². The second kappa shape index (κ2) is 8.82. The van der Waals surface area contributed by atoms with Gasteiger partial charge in [-0.2, -0.15) is 11.8 Å². The molecule has 2 N–H and O–H groups in total. The zero-order valence-corrected chi connectivity index (χ0v) is 13.4. The first kappa shape index (κ1) is 16.8. The average molecular weight is 287 g/mol. The van der Waals surface area contributed by atoms with Crippen LogP contribution in [0.4, 0.5) is 0 Å². The lowest BCUT2D eigenvalue weighted by atomic mass is 10.1. The van der Waals surface area contributed by atoms with Crippen LogP contribution in [0.25, 0.3) is 0 Å². The smallest absolute Gasteiger partial charge is 0.239 e. The summed E-state index contributed by atoms with van der Waals surface area (Å²) in [6, 6.07) is 0.1000. The highest BCUT2D eigenvalue weighted by atomic mass is 32.2. The van der Waals surface area contributed by atoms with Crippen LogP contribution in [-0.2, 0) is 4.79 Å².